The van der Waals surface area contributed by atoms with Crippen molar-refractivity contribution in [1.82, 2.24) is 10.2 Å². The number of aromatic nitrogens is 2. The SMILES string of the molecule is CCCCC(C)Nc1nnc(CCN)o1. The van der Waals surface area contributed by atoms with E-state index in [2.05, 4.69) is 29.4 Å². The van der Waals surface area contributed by atoms with Crippen LogP contribution < -0.4 is 11.1 Å². The summed E-state index contributed by atoms with van der Waals surface area (Å²) >= 11 is 0. The number of nitrogens with zero attached hydrogens (tertiary/aromatic N) is 2. The second-order valence-corrected chi connectivity index (χ2v) is 3.73. The molecular formula is C10H20N4O. The molecule has 5 nitrogen and oxygen atoms in total. The first-order valence-electron chi connectivity index (χ1n) is 5.55. The standard InChI is InChI=1S/C10H20N4O/c1-3-4-5-8(2)12-10-14-13-9(15-10)6-7-11/h8H,3-7,11H2,1-2H3,(H,12,14). The maximum absolute atomic E-state index is 5.39. The number of hydrogen-bond donors (Lipinski definition) is 2. The van der Waals surface area contributed by atoms with Crippen molar-refractivity contribution in [2.75, 3.05) is 11.9 Å². The smallest absolute Gasteiger partial charge is 0.315 e. The normalized spacial score (nSPS) is 12.7. The maximum atomic E-state index is 5.39. The molecule has 15 heavy (non-hydrogen) atoms. The Morgan fingerprint density at radius 2 is 2.27 bits per heavy atom. The Hall–Kier alpha value is -1.10. The fraction of sp³-hybridized carbons (Fsp3) is 0.800. The molecule has 0 spiro atoms. The van der Waals surface area contributed by atoms with Crippen LogP contribution in [0.3, 0.4) is 0 Å². The summed E-state index contributed by atoms with van der Waals surface area (Å²) in [5, 5.41) is 11.0. The number of nitrogens with two attached hydrogens (primary N) is 1. The lowest BCUT2D eigenvalue weighted by Gasteiger charge is -2.10. The molecule has 0 saturated heterocycles. The van der Waals surface area contributed by atoms with E-state index in [-0.39, 0.29) is 0 Å². The van der Waals surface area contributed by atoms with Crippen LogP contribution in [0.5, 0.6) is 0 Å². The third-order valence-electron chi connectivity index (χ3n) is 2.19. The summed E-state index contributed by atoms with van der Waals surface area (Å²) in [4.78, 5) is 0. The highest BCUT2D eigenvalue weighted by Crippen LogP contribution is 2.10. The van der Waals surface area contributed by atoms with Crippen LogP contribution in [0.15, 0.2) is 4.42 Å². The summed E-state index contributed by atoms with van der Waals surface area (Å²) in [6, 6.07) is 0.873. The molecule has 1 atom stereocenters. The molecule has 0 saturated carbocycles. The van der Waals surface area contributed by atoms with Gasteiger partial charge in [-0.05, 0) is 13.3 Å². The molecule has 0 fully saturated rings. The zero-order valence-electron chi connectivity index (χ0n) is 9.49. The average molecular weight is 212 g/mol. The van der Waals surface area contributed by atoms with E-state index in [0.717, 1.165) is 6.42 Å². The van der Waals surface area contributed by atoms with Gasteiger partial charge in [0, 0.05) is 19.0 Å². The summed E-state index contributed by atoms with van der Waals surface area (Å²) in [7, 11) is 0. The third-order valence-corrected chi connectivity index (χ3v) is 2.19. The van der Waals surface area contributed by atoms with E-state index in [1.165, 1.54) is 12.8 Å². The van der Waals surface area contributed by atoms with Crippen molar-refractivity contribution >= 4 is 6.01 Å². The van der Waals surface area contributed by atoms with Crippen LogP contribution in [0.2, 0.25) is 0 Å². The van der Waals surface area contributed by atoms with E-state index in [1.807, 2.05) is 0 Å². The van der Waals surface area contributed by atoms with E-state index in [4.69, 9.17) is 10.2 Å². The molecule has 0 bridgehead atoms. The van der Waals surface area contributed by atoms with E-state index in [9.17, 15) is 0 Å². The number of hydrogen-bond acceptors (Lipinski definition) is 5. The van der Waals surface area contributed by atoms with Gasteiger partial charge in [-0.2, -0.15) is 0 Å². The number of anilines is 1. The van der Waals surface area contributed by atoms with Gasteiger partial charge in [0.05, 0.1) is 0 Å². The minimum absolute atomic E-state index is 0.371. The Labute approximate surface area is 90.4 Å². The minimum Gasteiger partial charge on any atom is -0.408 e. The number of rotatable bonds is 7. The Kier molecular flexibility index (Phi) is 5.10. The van der Waals surface area contributed by atoms with E-state index < -0.39 is 0 Å². The van der Waals surface area contributed by atoms with Crippen LogP contribution in [0, 0.1) is 0 Å². The van der Waals surface area contributed by atoms with Crippen molar-refractivity contribution in [3.8, 4) is 0 Å². The van der Waals surface area contributed by atoms with Gasteiger partial charge in [-0.15, -0.1) is 5.10 Å². The highest BCUT2D eigenvalue weighted by atomic mass is 16.4. The van der Waals surface area contributed by atoms with Crippen molar-refractivity contribution in [3.63, 3.8) is 0 Å². The molecule has 1 aromatic rings. The third kappa shape index (κ3) is 4.29. The summed E-state index contributed by atoms with van der Waals surface area (Å²) in [6.45, 7) is 4.83. The van der Waals surface area contributed by atoms with Gasteiger partial charge >= 0.3 is 6.01 Å². The Morgan fingerprint density at radius 1 is 1.47 bits per heavy atom. The largest absolute Gasteiger partial charge is 0.408 e. The monoisotopic (exact) mass is 212 g/mol. The highest BCUT2D eigenvalue weighted by Gasteiger charge is 2.07. The summed E-state index contributed by atoms with van der Waals surface area (Å²) in [6.07, 6.45) is 4.16. The summed E-state index contributed by atoms with van der Waals surface area (Å²) < 4.78 is 5.36. The van der Waals surface area contributed by atoms with Crippen LogP contribution in [0.1, 0.15) is 39.0 Å². The number of nitrogens with one attached hydrogen (secondary N) is 1. The zero-order chi connectivity index (χ0) is 11.1. The molecular weight excluding hydrogens is 192 g/mol. The van der Waals surface area contributed by atoms with Gasteiger partial charge in [-0.3, -0.25) is 0 Å². The summed E-state index contributed by atoms with van der Waals surface area (Å²) in [5.74, 6) is 0.600. The fourth-order valence-electron chi connectivity index (χ4n) is 1.33. The molecule has 5 heteroatoms. The Morgan fingerprint density at radius 3 is 2.93 bits per heavy atom. The lowest BCUT2D eigenvalue weighted by molar-refractivity contribution is 0.496. The van der Waals surface area contributed by atoms with Crippen LogP contribution >= 0.6 is 0 Å². The van der Waals surface area contributed by atoms with Crippen molar-refractivity contribution in [2.45, 2.75) is 45.6 Å². The Balaban J connectivity index is 2.35. The Bertz CT molecular complexity index is 274. The van der Waals surface area contributed by atoms with Gasteiger partial charge in [0.15, 0.2) is 0 Å². The molecule has 86 valence electrons. The van der Waals surface area contributed by atoms with Gasteiger partial charge in [-0.25, -0.2) is 0 Å². The van der Waals surface area contributed by atoms with E-state index in [1.54, 1.807) is 0 Å². The number of unbranched alkanes of at least 4 members (excludes halogenated alkanes) is 1. The van der Waals surface area contributed by atoms with Crippen molar-refractivity contribution in [2.24, 2.45) is 5.73 Å². The molecule has 3 N–H and O–H groups in total. The average Bonchev–Trinajstić information content (AvgIpc) is 2.63. The van der Waals surface area contributed by atoms with Crippen LogP contribution in [-0.2, 0) is 6.42 Å². The zero-order valence-corrected chi connectivity index (χ0v) is 9.49. The van der Waals surface area contributed by atoms with Gasteiger partial charge in [-0.1, -0.05) is 24.9 Å². The molecule has 1 unspecified atom stereocenters. The predicted molar refractivity (Wildman–Crippen MR) is 59.7 cm³/mol. The second kappa shape index (κ2) is 6.40. The van der Waals surface area contributed by atoms with E-state index >= 15 is 0 Å². The fourth-order valence-corrected chi connectivity index (χ4v) is 1.33. The lowest BCUT2D eigenvalue weighted by atomic mass is 10.1. The van der Waals surface area contributed by atoms with E-state index in [0.29, 0.717) is 30.9 Å². The first-order chi connectivity index (χ1) is 7.26. The molecule has 0 radical (unpaired) electrons. The van der Waals surface area contributed by atoms with Crippen LogP contribution in [0.4, 0.5) is 6.01 Å². The first kappa shape index (κ1) is 12.0. The molecule has 0 aliphatic rings. The lowest BCUT2D eigenvalue weighted by Crippen LogP contribution is -2.14. The molecule has 1 aromatic heterocycles. The van der Waals surface area contributed by atoms with Crippen molar-refractivity contribution < 1.29 is 4.42 Å². The second-order valence-electron chi connectivity index (χ2n) is 3.73. The van der Waals surface area contributed by atoms with Gasteiger partial charge in [0.1, 0.15) is 0 Å². The molecule has 1 heterocycles. The molecule has 0 aliphatic carbocycles. The van der Waals surface area contributed by atoms with Gasteiger partial charge in [0.25, 0.3) is 0 Å². The topological polar surface area (TPSA) is 77.0 Å². The van der Waals surface area contributed by atoms with Crippen molar-refractivity contribution in [1.29, 1.82) is 0 Å². The quantitative estimate of drug-likeness (QED) is 0.717. The summed E-state index contributed by atoms with van der Waals surface area (Å²) in [5.41, 5.74) is 5.39. The highest BCUT2D eigenvalue weighted by molar-refractivity contribution is 5.18. The van der Waals surface area contributed by atoms with Gasteiger partial charge < -0.3 is 15.5 Å². The molecule has 0 aliphatic heterocycles. The minimum atomic E-state index is 0.371. The molecule has 1 rings (SSSR count). The van der Waals surface area contributed by atoms with Crippen molar-refractivity contribution in [3.05, 3.63) is 5.89 Å². The predicted octanol–water partition coefficient (Wildman–Crippen LogP) is 1.56. The van der Waals surface area contributed by atoms with Crippen LogP contribution in [-0.4, -0.2) is 22.8 Å². The molecule has 0 aromatic carbocycles. The maximum Gasteiger partial charge on any atom is 0.315 e. The van der Waals surface area contributed by atoms with Crippen LogP contribution in [0.25, 0.3) is 0 Å². The first-order valence-corrected chi connectivity index (χ1v) is 5.55. The molecule has 0 amide bonds. The van der Waals surface area contributed by atoms with Gasteiger partial charge in [0.2, 0.25) is 5.89 Å².